The molecule has 0 saturated carbocycles. The van der Waals surface area contributed by atoms with Gasteiger partial charge in [-0.15, -0.1) is 11.3 Å². The highest BCUT2D eigenvalue weighted by molar-refractivity contribution is 7.99. The second-order valence-electron chi connectivity index (χ2n) is 4.99. The lowest BCUT2D eigenvalue weighted by molar-refractivity contribution is -0.118. The van der Waals surface area contributed by atoms with Gasteiger partial charge in [0.1, 0.15) is 0 Å². The van der Waals surface area contributed by atoms with E-state index in [1.807, 2.05) is 18.4 Å². The number of rotatable bonds is 8. The van der Waals surface area contributed by atoms with Gasteiger partial charge in [0.05, 0.1) is 10.8 Å². The minimum atomic E-state index is 0.100. The minimum absolute atomic E-state index is 0.100. The fraction of sp³-hybridized carbons (Fsp3) is 0.438. The zero-order valence-corrected chi connectivity index (χ0v) is 15.3. The van der Waals surface area contributed by atoms with Crippen LogP contribution < -0.4 is 5.32 Å². The number of amides is 1. The van der Waals surface area contributed by atoms with Crippen LogP contribution in [0.5, 0.6) is 0 Å². The van der Waals surface area contributed by atoms with Crippen molar-refractivity contribution in [2.24, 2.45) is 0 Å². The number of nitrogens with zero attached hydrogens (tertiary/aromatic N) is 1. The standard InChI is InChI=1S/C16H21ClN2OS2/c1-3-19(9-8-18-15(20)11-21-2)10-14-16(17)12-6-4-5-7-13(12)22-14/h4-7H,3,8-11H2,1-2H3,(H,18,20). The fourth-order valence-corrected chi connectivity index (χ4v) is 4.15. The lowest BCUT2D eigenvalue weighted by Crippen LogP contribution is -2.35. The number of carbonyl (C=O) groups is 1. The van der Waals surface area contributed by atoms with Gasteiger partial charge in [0.2, 0.25) is 5.91 Å². The van der Waals surface area contributed by atoms with Crippen molar-refractivity contribution in [3.63, 3.8) is 0 Å². The largest absolute Gasteiger partial charge is 0.354 e. The van der Waals surface area contributed by atoms with Crippen molar-refractivity contribution in [3.8, 4) is 0 Å². The van der Waals surface area contributed by atoms with Crippen molar-refractivity contribution < 1.29 is 4.79 Å². The van der Waals surface area contributed by atoms with Crippen molar-refractivity contribution >= 4 is 50.7 Å². The predicted molar refractivity (Wildman–Crippen MR) is 99.2 cm³/mol. The summed E-state index contributed by atoms with van der Waals surface area (Å²) in [6.07, 6.45) is 1.93. The van der Waals surface area contributed by atoms with Gasteiger partial charge in [-0.25, -0.2) is 0 Å². The van der Waals surface area contributed by atoms with E-state index in [1.54, 1.807) is 11.3 Å². The molecule has 0 bridgehead atoms. The number of halogens is 1. The molecule has 0 unspecified atom stereocenters. The Morgan fingerprint density at radius 3 is 2.86 bits per heavy atom. The summed E-state index contributed by atoms with van der Waals surface area (Å²) in [6, 6.07) is 8.23. The van der Waals surface area contributed by atoms with Crippen LogP contribution in [0.2, 0.25) is 5.02 Å². The molecular formula is C16H21ClN2OS2. The Bertz CT molecular complexity index is 630. The van der Waals surface area contributed by atoms with Gasteiger partial charge in [-0.05, 0) is 18.9 Å². The molecule has 2 aromatic rings. The number of hydrogen-bond acceptors (Lipinski definition) is 4. The summed E-state index contributed by atoms with van der Waals surface area (Å²) in [7, 11) is 0. The van der Waals surface area contributed by atoms with Crippen LogP contribution in [0, 0.1) is 0 Å². The summed E-state index contributed by atoms with van der Waals surface area (Å²) in [6.45, 7) is 5.40. The molecule has 120 valence electrons. The van der Waals surface area contributed by atoms with E-state index in [2.05, 4.69) is 29.3 Å². The Balaban J connectivity index is 1.94. The smallest absolute Gasteiger partial charge is 0.230 e. The first kappa shape index (κ1) is 17.6. The van der Waals surface area contributed by atoms with Crippen LogP contribution in [-0.4, -0.2) is 42.4 Å². The van der Waals surface area contributed by atoms with Crippen molar-refractivity contribution in [2.45, 2.75) is 13.5 Å². The number of fused-ring (bicyclic) bond motifs is 1. The van der Waals surface area contributed by atoms with Crippen molar-refractivity contribution in [1.29, 1.82) is 0 Å². The van der Waals surface area contributed by atoms with E-state index < -0.39 is 0 Å². The van der Waals surface area contributed by atoms with Gasteiger partial charge in [-0.1, -0.05) is 36.7 Å². The monoisotopic (exact) mass is 356 g/mol. The second-order valence-corrected chi connectivity index (χ2v) is 7.37. The van der Waals surface area contributed by atoms with E-state index >= 15 is 0 Å². The predicted octanol–water partition coefficient (Wildman–Crippen LogP) is 3.86. The molecular weight excluding hydrogens is 336 g/mol. The van der Waals surface area contributed by atoms with Crippen LogP contribution in [0.4, 0.5) is 0 Å². The molecule has 0 aliphatic rings. The van der Waals surface area contributed by atoms with Crippen LogP contribution in [-0.2, 0) is 11.3 Å². The number of benzene rings is 1. The van der Waals surface area contributed by atoms with Crippen LogP contribution in [0.25, 0.3) is 10.1 Å². The number of likely N-dealkylation sites (N-methyl/N-ethyl adjacent to an activating group) is 1. The van der Waals surface area contributed by atoms with Crippen LogP contribution >= 0.6 is 34.7 Å². The summed E-state index contributed by atoms with van der Waals surface area (Å²) >= 11 is 9.79. The Hall–Kier alpha value is -0.750. The van der Waals surface area contributed by atoms with Crippen LogP contribution in [0.1, 0.15) is 11.8 Å². The van der Waals surface area contributed by atoms with Gasteiger partial charge < -0.3 is 5.32 Å². The number of nitrogens with one attached hydrogen (secondary N) is 1. The molecule has 3 nitrogen and oxygen atoms in total. The van der Waals surface area contributed by atoms with Gasteiger partial charge in [0.25, 0.3) is 0 Å². The average molecular weight is 357 g/mol. The topological polar surface area (TPSA) is 32.3 Å². The molecule has 0 saturated heterocycles. The number of thioether (sulfide) groups is 1. The normalized spacial score (nSPS) is 11.3. The number of thiophene rings is 1. The maximum atomic E-state index is 11.5. The highest BCUT2D eigenvalue weighted by Gasteiger charge is 2.13. The first-order valence-corrected chi connectivity index (χ1v) is 9.88. The Kier molecular flexibility index (Phi) is 7.02. The van der Waals surface area contributed by atoms with E-state index in [9.17, 15) is 4.79 Å². The summed E-state index contributed by atoms with van der Waals surface area (Å²) in [4.78, 5) is 15.0. The molecule has 22 heavy (non-hydrogen) atoms. The molecule has 0 radical (unpaired) electrons. The molecule has 1 amide bonds. The lowest BCUT2D eigenvalue weighted by Gasteiger charge is -2.20. The first-order valence-electron chi connectivity index (χ1n) is 7.29. The third-order valence-electron chi connectivity index (χ3n) is 3.44. The molecule has 1 aromatic heterocycles. The Morgan fingerprint density at radius 1 is 1.41 bits per heavy atom. The summed E-state index contributed by atoms with van der Waals surface area (Å²) in [5.74, 6) is 0.623. The third-order valence-corrected chi connectivity index (χ3v) is 5.69. The molecule has 1 N–H and O–H groups in total. The number of carbonyl (C=O) groups excluding carboxylic acids is 1. The summed E-state index contributed by atoms with van der Waals surface area (Å²) in [5.41, 5.74) is 0. The van der Waals surface area contributed by atoms with Crippen LogP contribution in [0.3, 0.4) is 0 Å². The highest BCUT2D eigenvalue weighted by Crippen LogP contribution is 2.35. The molecule has 0 aliphatic heterocycles. The fourth-order valence-electron chi connectivity index (χ4n) is 2.25. The second kappa shape index (κ2) is 8.77. The van der Waals surface area contributed by atoms with Crippen molar-refractivity contribution in [1.82, 2.24) is 10.2 Å². The molecule has 2 rings (SSSR count). The average Bonchev–Trinajstić information content (AvgIpc) is 2.83. The summed E-state index contributed by atoms with van der Waals surface area (Å²) in [5, 5.41) is 4.94. The molecule has 0 atom stereocenters. The minimum Gasteiger partial charge on any atom is -0.354 e. The molecule has 1 heterocycles. The van der Waals surface area contributed by atoms with E-state index in [0.717, 1.165) is 30.0 Å². The molecule has 1 aromatic carbocycles. The van der Waals surface area contributed by atoms with Crippen LogP contribution in [0.15, 0.2) is 24.3 Å². The van der Waals surface area contributed by atoms with Crippen molar-refractivity contribution in [3.05, 3.63) is 34.2 Å². The van der Waals surface area contributed by atoms with Crippen molar-refractivity contribution in [2.75, 3.05) is 31.6 Å². The summed E-state index contributed by atoms with van der Waals surface area (Å²) < 4.78 is 1.23. The van der Waals surface area contributed by atoms with E-state index in [4.69, 9.17) is 11.6 Å². The van der Waals surface area contributed by atoms with Gasteiger partial charge in [-0.3, -0.25) is 9.69 Å². The molecule has 0 aliphatic carbocycles. The molecule has 6 heteroatoms. The maximum absolute atomic E-state index is 11.5. The van der Waals surface area contributed by atoms with Gasteiger partial charge in [0, 0.05) is 34.6 Å². The molecule has 0 spiro atoms. The maximum Gasteiger partial charge on any atom is 0.230 e. The zero-order chi connectivity index (χ0) is 15.9. The quantitative estimate of drug-likeness (QED) is 0.779. The van der Waals surface area contributed by atoms with Gasteiger partial charge in [0.15, 0.2) is 0 Å². The first-order chi connectivity index (χ1) is 10.7. The zero-order valence-electron chi connectivity index (χ0n) is 12.9. The number of hydrogen-bond donors (Lipinski definition) is 1. The third kappa shape index (κ3) is 4.62. The Morgan fingerprint density at radius 2 is 2.18 bits per heavy atom. The SMILES string of the molecule is CCN(CCNC(=O)CSC)Cc1sc2ccccc2c1Cl. The Labute approximate surface area is 145 Å². The van der Waals surface area contributed by atoms with E-state index in [-0.39, 0.29) is 5.91 Å². The highest BCUT2D eigenvalue weighted by atomic mass is 35.5. The molecule has 0 fully saturated rings. The van der Waals surface area contributed by atoms with E-state index in [0.29, 0.717) is 12.3 Å². The van der Waals surface area contributed by atoms with Gasteiger partial charge in [-0.2, -0.15) is 11.8 Å². The van der Waals surface area contributed by atoms with E-state index in [1.165, 1.54) is 21.3 Å². The van der Waals surface area contributed by atoms with Gasteiger partial charge >= 0.3 is 0 Å². The lowest BCUT2D eigenvalue weighted by atomic mass is 10.2.